The molecule has 0 atom stereocenters. The number of morpholine rings is 1. The van der Waals surface area contributed by atoms with Crippen molar-refractivity contribution in [2.45, 2.75) is 6.42 Å². The van der Waals surface area contributed by atoms with E-state index in [1.165, 1.54) is 0 Å². The number of aromatic nitrogens is 3. The molecule has 6 heteroatoms. The average molecular weight is 358 g/mol. The first-order valence-electron chi connectivity index (χ1n) is 12.0. The maximum atomic E-state index is 12.8. The Morgan fingerprint density at radius 3 is 2.81 bits per heavy atom. The number of rotatable bonds is 5. The number of ketones is 1. The van der Waals surface area contributed by atoms with E-state index in [9.17, 15) is 4.79 Å². The molecule has 0 bridgehead atoms. The summed E-state index contributed by atoms with van der Waals surface area (Å²) in [4.78, 5) is 17.3. The predicted molar refractivity (Wildman–Crippen MR) is 99.9 cm³/mol. The van der Waals surface area contributed by atoms with Crippen LogP contribution in [0.5, 0.6) is 0 Å². The van der Waals surface area contributed by atoms with Gasteiger partial charge >= 0.3 is 0 Å². The van der Waals surface area contributed by atoms with Crippen molar-refractivity contribution in [1.29, 1.82) is 0 Å². The van der Waals surface area contributed by atoms with Gasteiger partial charge in [0.05, 0.1) is 37.8 Å². The lowest BCUT2D eigenvalue weighted by Crippen LogP contribution is -2.39. The molecule has 0 unspecified atom stereocenters. The number of hydrogen-bond donors (Lipinski definition) is 0. The third kappa shape index (κ3) is 3.81. The van der Waals surface area contributed by atoms with Crippen LogP contribution >= 0.6 is 0 Å². The predicted octanol–water partition coefficient (Wildman–Crippen LogP) is 2.08. The van der Waals surface area contributed by atoms with Gasteiger partial charge in [0.1, 0.15) is 0 Å². The number of aryl methyl sites for hydroxylation is 1. The lowest BCUT2D eigenvalue weighted by Gasteiger charge is -2.25. The van der Waals surface area contributed by atoms with Crippen molar-refractivity contribution in [2.24, 2.45) is 7.05 Å². The molecule has 1 aliphatic rings. The van der Waals surface area contributed by atoms with Crippen LogP contribution in [-0.2, 0) is 23.0 Å². The van der Waals surface area contributed by atoms with Gasteiger partial charge in [0, 0.05) is 54.6 Å². The first-order chi connectivity index (χ1) is 15.6. The summed E-state index contributed by atoms with van der Waals surface area (Å²) < 4.78 is 69.1. The summed E-state index contributed by atoms with van der Waals surface area (Å²) >= 11 is 0. The Morgan fingerprint density at radius 2 is 2.04 bits per heavy atom. The smallest absolute Gasteiger partial charge is 0.152 e. The minimum Gasteiger partial charge on any atom is -0.379 e. The Bertz CT molecular complexity index is 1230. The Balaban J connectivity index is 1.58. The van der Waals surface area contributed by atoms with Gasteiger partial charge in [0.25, 0.3) is 0 Å². The van der Waals surface area contributed by atoms with Crippen LogP contribution in [0, 0.1) is 0 Å². The van der Waals surface area contributed by atoms with Crippen LogP contribution in [0.25, 0.3) is 21.9 Å². The summed E-state index contributed by atoms with van der Waals surface area (Å²) in [6, 6.07) is 7.44. The molecular formula is C20H22N4O2. The molecule has 2 aromatic heterocycles. The van der Waals surface area contributed by atoms with Crippen molar-refractivity contribution in [1.82, 2.24) is 19.7 Å². The number of hydrogen-bond acceptors (Lipinski definition) is 5. The van der Waals surface area contributed by atoms with Gasteiger partial charge in [-0.05, 0) is 23.1 Å². The van der Waals surface area contributed by atoms with Crippen LogP contribution in [0.3, 0.4) is 0 Å². The van der Waals surface area contributed by atoms with E-state index < -0.39 is 38.4 Å². The highest BCUT2D eigenvalue weighted by Crippen LogP contribution is 2.24. The van der Waals surface area contributed by atoms with Crippen molar-refractivity contribution in [3.8, 4) is 11.1 Å². The Labute approximate surface area is 163 Å². The maximum absolute atomic E-state index is 12.8. The molecule has 0 saturated carbocycles. The molecule has 134 valence electrons. The maximum Gasteiger partial charge on any atom is 0.152 e. The highest BCUT2D eigenvalue weighted by atomic mass is 16.5. The first kappa shape index (κ1) is 9.94. The van der Waals surface area contributed by atoms with Gasteiger partial charge in [-0.15, -0.1) is 0 Å². The van der Waals surface area contributed by atoms with Crippen LogP contribution < -0.4 is 0 Å². The van der Waals surface area contributed by atoms with E-state index in [4.69, 9.17) is 11.0 Å². The summed E-state index contributed by atoms with van der Waals surface area (Å²) in [5.74, 6) is -0.656. The molecule has 0 radical (unpaired) electrons. The van der Waals surface area contributed by atoms with Crippen molar-refractivity contribution in [2.75, 3.05) is 32.7 Å². The normalized spacial score (nSPS) is 27.7. The second-order valence-corrected chi connectivity index (χ2v) is 5.97. The molecule has 0 N–H and O–H groups in total. The first-order valence-corrected chi connectivity index (χ1v) is 8.01. The highest BCUT2D eigenvalue weighted by Gasteiger charge is 2.15. The molecule has 3 heterocycles. The SMILES string of the molecule is [2H]C1([2H])OC([2H])([2H])C([2H])([2H])N(CC(=O)Cc2cc3cc(-c4cnn(C)c4)ccc3cn2)C1([2H])[2H]. The van der Waals surface area contributed by atoms with E-state index in [1.54, 1.807) is 23.1 Å². The van der Waals surface area contributed by atoms with Gasteiger partial charge in [-0.1, -0.05) is 12.1 Å². The summed E-state index contributed by atoms with van der Waals surface area (Å²) in [5, 5.41) is 5.81. The Morgan fingerprint density at radius 1 is 1.19 bits per heavy atom. The number of nitrogens with zero attached hydrogens (tertiary/aromatic N) is 4. The van der Waals surface area contributed by atoms with E-state index >= 15 is 0 Å². The van der Waals surface area contributed by atoms with Gasteiger partial charge in [0.15, 0.2) is 5.78 Å². The largest absolute Gasteiger partial charge is 0.379 e. The monoisotopic (exact) mass is 358 g/mol. The minimum absolute atomic E-state index is 0.243. The molecule has 0 spiro atoms. The number of carbonyl (C=O) groups excluding carboxylic acids is 1. The second-order valence-electron chi connectivity index (χ2n) is 5.97. The summed E-state index contributed by atoms with van der Waals surface area (Å²) in [6.07, 6.45) is 4.92. The summed E-state index contributed by atoms with van der Waals surface area (Å²) in [5.41, 5.74) is 2.20. The molecule has 26 heavy (non-hydrogen) atoms. The van der Waals surface area contributed by atoms with E-state index in [1.807, 2.05) is 31.4 Å². The standard InChI is InChI=1S/C20H22N4O2/c1-23-13-18(12-22-23)15-2-3-16-11-21-19(9-17(16)8-15)10-20(25)14-24-4-6-26-7-5-24/h2-3,8-9,11-13H,4-7,10,14H2,1H3/i4D2,5D2,6D2,7D2. The summed E-state index contributed by atoms with van der Waals surface area (Å²) in [6.45, 7) is -13.5. The average Bonchev–Trinajstić information content (AvgIpc) is 3.16. The molecule has 6 nitrogen and oxygen atoms in total. The third-order valence-electron chi connectivity index (χ3n) is 3.99. The molecule has 1 aliphatic heterocycles. The van der Waals surface area contributed by atoms with E-state index in [0.29, 0.717) is 5.69 Å². The van der Waals surface area contributed by atoms with Crippen molar-refractivity contribution < 1.29 is 20.5 Å². The van der Waals surface area contributed by atoms with Crippen LogP contribution in [0.1, 0.15) is 16.7 Å². The number of Topliss-reactive ketones (excluding diaryl/α,β-unsaturated/α-hetero) is 1. The van der Waals surface area contributed by atoms with Crippen LogP contribution in [0.2, 0.25) is 0 Å². The number of carbonyl (C=O) groups is 1. The second kappa shape index (κ2) is 7.35. The fraction of sp³-hybridized carbons (Fsp3) is 0.350. The van der Waals surface area contributed by atoms with E-state index in [-0.39, 0.29) is 11.3 Å². The van der Waals surface area contributed by atoms with E-state index in [0.717, 1.165) is 21.9 Å². The molecule has 3 aromatic rings. The zero-order valence-electron chi connectivity index (χ0n) is 22.1. The number of benzene rings is 1. The zero-order chi connectivity index (χ0) is 25.1. The minimum atomic E-state index is -3.19. The Hall–Kier alpha value is -2.57. The quantitative estimate of drug-likeness (QED) is 0.699. The zero-order valence-corrected chi connectivity index (χ0v) is 14.1. The molecule has 0 amide bonds. The van der Waals surface area contributed by atoms with Crippen LogP contribution in [0.4, 0.5) is 0 Å². The molecule has 1 fully saturated rings. The van der Waals surface area contributed by atoms with E-state index in [2.05, 4.69) is 14.8 Å². The summed E-state index contributed by atoms with van der Waals surface area (Å²) in [7, 11) is 1.81. The van der Waals surface area contributed by atoms with Crippen molar-refractivity contribution >= 4 is 16.6 Å². The molecule has 4 rings (SSSR count). The molecular weight excluding hydrogens is 328 g/mol. The molecule has 1 aromatic carbocycles. The van der Waals surface area contributed by atoms with Gasteiger partial charge in [-0.25, -0.2) is 0 Å². The molecule has 0 aliphatic carbocycles. The van der Waals surface area contributed by atoms with Crippen molar-refractivity contribution in [3.63, 3.8) is 0 Å². The lowest BCUT2D eigenvalue weighted by molar-refractivity contribution is -0.120. The van der Waals surface area contributed by atoms with Crippen LogP contribution in [0.15, 0.2) is 42.9 Å². The highest BCUT2D eigenvalue weighted by molar-refractivity contribution is 5.88. The topological polar surface area (TPSA) is 60.2 Å². The number of pyridine rings is 1. The van der Waals surface area contributed by atoms with Crippen molar-refractivity contribution in [3.05, 3.63) is 48.5 Å². The molecule has 1 saturated heterocycles. The number of ether oxygens (including phenoxy) is 1. The van der Waals surface area contributed by atoms with Crippen LogP contribution in [-0.4, -0.2) is 58.1 Å². The van der Waals surface area contributed by atoms with Gasteiger partial charge in [-0.3, -0.25) is 19.4 Å². The fourth-order valence-corrected chi connectivity index (χ4v) is 2.76. The fourth-order valence-electron chi connectivity index (χ4n) is 2.76. The van der Waals surface area contributed by atoms with Gasteiger partial charge in [0.2, 0.25) is 0 Å². The Kier molecular flexibility index (Phi) is 2.81. The van der Waals surface area contributed by atoms with Gasteiger partial charge < -0.3 is 4.74 Å². The van der Waals surface area contributed by atoms with Gasteiger partial charge in [-0.2, -0.15) is 5.10 Å². The third-order valence-corrected chi connectivity index (χ3v) is 3.99. The lowest BCUT2D eigenvalue weighted by atomic mass is 10.0. The number of fused-ring (bicyclic) bond motifs is 1.